The summed E-state index contributed by atoms with van der Waals surface area (Å²) in [4.78, 5) is 14.1. The fourth-order valence-corrected chi connectivity index (χ4v) is 6.71. The van der Waals surface area contributed by atoms with Crippen molar-refractivity contribution in [3.63, 3.8) is 0 Å². The van der Waals surface area contributed by atoms with Crippen molar-refractivity contribution >= 4 is 27.7 Å². The lowest BCUT2D eigenvalue weighted by molar-refractivity contribution is 0.0934. The number of thioether (sulfide) groups is 1. The number of sulfonamides is 1. The van der Waals surface area contributed by atoms with E-state index in [2.05, 4.69) is 16.1 Å². The molecule has 2 aromatic carbocycles. The van der Waals surface area contributed by atoms with Crippen molar-refractivity contribution < 1.29 is 17.9 Å². The predicted molar refractivity (Wildman–Crippen MR) is 118 cm³/mol. The van der Waals surface area contributed by atoms with E-state index in [1.807, 2.05) is 18.2 Å². The summed E-state index contributed by atoms with van der Waals surface area (Å²) in [5.74, 6) is 0.869. The van der Waals surface area contributed by atoms with Crippen LogP contribution in [0, 0.1) is 0 Å². The molecule has 160 valence electrons. The molecule has 1 unspecified atom stereocenters. The van der Waals surface area contributed by atoms with E-state index in [0.717, 1.165) is 43.4 Å². The second-order valence-corrected chi connectivity index (χ2v) is 10.5. The zero-order chi connectivity index (χ0) is 21.1. The van der Waals surface area contributed by atoms with E-state index in [9.17, 15) is 13.2 Å². The smallest absolute Gasteiger partial charge is 0.251 e. The molecule has 1 saturated carbocycles. The molecule has 0 spiro atoms. The molecule has 1 heterocycles. The van der Waals surface area contributed by atoms with E-state index < -0.39 is 10.0 Å². The average molecular weight is 447 g/mol. The van der Waals surface area contributed by atoms with Crippen LogP contribution in [-0.4, -0.2) is 33.2 Å². The van der Waals surface area contributed by atoms with Gasteiger partial charge in [0.2, 0.25) is 10.0 Å². The van der Waals surface area contributed by atoms with Crippen LogP contribution >= 0.6 is 11.8 Å². The minimum absolute atomic E-state index is 0.00384. The molecule has 0 bridgehead atoms. The van der Waals surface area contributed by atoms with Gasteiger partial charge in [-0.25, -0.2) is 13.1 Å². The highest BCUT2D eigenvalue weighted by molar-refractivity contribution is 7.99. The van der Waals surface area contributed by atoms with Crippen LogP contribution in [0.1, 0.15) is 54.1 Å². The van der Waals surface area contributed by atoms with Gasteiger partial charge in [0.15, 0.2) is 0 Å². The number of ether oxygens (including phenoxy) is 1. The third-order valence-electron chi connectivity index (χ3n) is 5.66. The maximum atomic E-state index is 13.0. The number of fused-ring (bicyclic) bond motifs is 1. The van der Waals surface area contributed by atoms with Gasteiger partial charge in [0, 0.05) is 22.3 Å². The number of methoxy groups -OCH3 is 1. The number of hydrogen-bond acceptors (Lipinski definition) is 5. The Morgan fingerprint density at radius 3 is 2.63 bits per heavy atom. The Kier molecular flexibility index (Phi) is 6.36. The van der Waals surface area contributed by atoms with Gasteiger partial charge in [-0.2, -0.15) is 0 Å². The highest BCUT2D eigenvalue weighted by Gasteiger charge is 2.28. The molecule has 2 N–H and O–H groups in total. The van der Waals surface area contributed by atoms with Crippen molar-refractivity contribution in [3.05, 3.63) is 53.6 Å². The van der Waals surface area contributed by atoms with Gasteiger partial charge in [0.25, 0.3) is 5.91 Å². The van der Waals surface area contributed by atoms with Crippen molar-refractivity contribution in [3.8, 4) is 5.75 Å². The van der Waals surface area contributed by atoms with Crippen LogP contribution in [0.2, 0.25) is 0 Å². The fourth-order valence-electron chi connectivity index (χ4n) is 4.09. The molecular formula is C22H26N2O4S2. The normalized spacial score (nSPS) is 19.3. The monoisotopic (exact) mass is 446 g/mol. The Labute approximate surface area is 181 Å². The molecule has 1 fully saturated rings. The number of benzene rings is 2. The van der Waals surface area contributed by atoms with Gasteiger partial charge in [-0.1, -0.05) is 31.0 Å². The van der Waals surface area contributed by atoms with Gasteiger partial charge in [-0.05, 0) is 49.1 Å². The minimum Gasteiger partial charge on any atom is -0.495 e. The van der Waals surface area contributed by atoms with Gasteiger partial charge in [0.1, 0.15) is 10.6 Å². The molecule has 0 saturated heterocycles. The third-order valence-corrected chi connectivity index (χ3v) is 8.32. The van der Waals surface area contributed by atoms with Gasteiger partial charge in [-0.3, -0.25) is 4.79 Å². The topological polar surface area (TPSA) is 84.5 Å². The maximum absolute atomic E-state index is 13.0. The highest BCUT2D eigenvalue weighted by atomic mass is 32.2. The number of rotatable bonds is 6. The van der Waals surface area contributed by atoms with Crippen LogP contribution < -0.4 is 14.8 Å². The van der Waals surface area contributed by atoms with Crippen molar-refractivity contribution in [1.29, 1.82) is 0 Å². The molecular weight excluding hydrogens is 420 g/mol. The van der Waals surface area contributed by atoms with Gasteiger partial charge < -0.3 is 10.1 Å². The highest BCUT2D eigenvalue weighted by Crippen LogP contribution is 2.36. The van der Waals surface area contributed by atoms with E-state index in [-0.39, 0.29) is 28.6 Å². The van der Waals surface area contributed by atoms with Crippen LogP contribution in [0.4, 0.5) is 0 Å². The standard InChI is InChI=1S/C22H26N2O4S2/c1-28-19-11-10-15(14-21(19)30(26,27)24-16-6-2-3-7-16)22(25)23-18-12-13-29-20-9-5-4-8-17(18)20/h4-5,8-11,14,16,18,24H,2-3,6-7,12-13H2,1H3,(H,23,25). The molecule has 0 radical (unpaired) electrons. The lowest BCUT2D eigenvalue weighted by atomic mass is 10.0. The number of hydrogen-bond donors (Lipinski definition) is 2. The van der Waals surface area contributed by atoms with Crippen LogP contribution in [0.25, 0.3) is 0 Å². The lowest BCUT2D eigenvalue weighted by Crippen LogP contribution is -2.33. The summed E-state index contributed by atoms with van der Waals surface area (Å²) in [5.41, 5.74) is 1.41. The van der Waals surface area contributed by atoms with Crippen molar-refractivity contribution in [2.45, 2.75) is 54.0 Å². The van der Waals surface area contributed by atoms with E-state index in [1.54, 1.807) is 23.9 Å². The van der Waals surface area contributed by atoms with Gasteiger partial charge in [0.05, 0.1) is 13.2 Å². The molecule has 2 aromatic rings. The average Bonchev–Trinajstić information content (AvgIpc) is 3.26. The van der Waals surface area contributed by atoms with Crippen LogP contribution in [0.3, 0.4) is 0 Å². The Balaban J connectivity index is 1.57. The van der Waals surface area contributed by atoms with E-state index in [1.165, 1.54) is 18.1 Å². The molecule has 4 rings (SSSR count). The molecule has 1 atom stereocenters. The molecule has 0 aromatic heterocycles. The van der Waals surface area contributed by atoms with E-state index in [4.69, 9.17) is 4.74 Å². The minimum atomic E-state index is -3.78. The van der Waals surface area contributed by atoms with E-state index in [0.29, 0.717) is 5.56 Å². The Morgan fingerprint density at radius 2 is 1.87 bits per heavy atom. The van der Waals surface area contributed by atoms with Gasteiger partial charge >= 0.3 is 0 Å². The summed E-state index contributed by atoms with van der Waals surface area (Å²) in [6.45, 7) is 0. The van der Waals surface area contributed by atoms with Crippen LogP contribution in [0.5, 0.6) is 5.75 Å². The van der Waals surface area contributed by atoms with Crippen molar-refractivity contribution in [2.75, 3.05) is 12.9 Å². The molecule has 1 aliphatic carbocycles. The Bertz CT molecular complexity index is 1030. The summed E-state index contributed by atoms with van der Waals surface area (Å²) in [6.07, 6.45) is 4.54. The first-order chi connectivity index (χ1) is 14.5. The Morgan fingerprint density at radius 1 is 1.10 bits per heavy atom. The number of carbonyl (C=O) groups is 1. The lowest BCUT2D eigenvalue weighted by Gasteiger charge is -2.26. The molecule has 2 aliphatic rings. The molecule has 1 amide bonds. The summed E-state index contributed by atoms with van der Waals surface area (Å²) in [5, 5.41) is 3.07. The van der Waals surface area contributed by atoms with Crippen LogP contribution in [0.15, 0.2) is 52.3 Å². The molecule has 30 heavy (non-hydrogen) atoms. The third kappa shape index (κ3) is 4.50. The molecule has 8 heteroatoms. The van der Waals surface area contributed by atoms with Gasteiger partial charge in [-0.15, -0.1) is 11.8 Å². The van der Waals surface area contributed by atoms with Crippen LogP contribution in [-0.2, 0) is 10.0 Å². The first-order valence-electron chi connectivity index (χ1n) is 10.2. The van der Waals surface area contributed by atoms with E-state index >= 15 is 0 Å². The zero-order valence-electron chi connectivity index (χ0n) is 16.9. The molecule has 6 nitrogen and oxygen atoms in total. The summed E-state index contributed by atoms with van der Waals surface area (Å²) >= 11 is 1.79. The second kappa shape index (κ2) is 8.99. The second-order valence-electron chi connectivity index (χ2n) is 7.67. The molecule has 1 aliphatic heterocycles. The largest absolute Gasteiger partial charge is 0.495 e. The number of amides is 1. The quantitative estimate of drug-likeness (QED) is 0.703. The summed E-state index contributed by atoms with van der Waals surface area (Å²) < 4.78 is 34.0. The SMILES string of the molecule is COc1ccc(C(=O)NC2CCSc3ccccc32)cc1S(=O)(=O)NC1CCCC1. The number of nitrogens with one attached hydrogen (secondary N) is 2. The zero-order valence-corrected chi connectivity index (χ0v) is 18.5. The predicted octanol–water partition coefficient (Wildman–Crippen LogP) is 3.88. The Hall–Kier alpha value is -2.03. The maximum Gasteiger partial charge on any atom is 0.251 e. The first kappa shape index (κ1) is 21.2. The first-order valence-corrected chi connectivity index (χ1v) is 12.7. The van der Waals surface area contributed by atoms with Crippen molar-refractivity contribution in [2.24, 2.45) is 0 Å². The summed E-state index contributed by atoms with van der Waals surface area (Å²) in [6, 6.07) is 12.5. The fraction of sp³-hybridized carbons (Fsp3) is 0.409. The summed E-state index contributed by atoms with van der Waals surface area (Å²) in [7, 11) is -2.35. The van der Waals surface area contributed by atoms with Crippen molar-refractivity contribution in [1.82, 2.24) is 10.0 Å². The number of carbonyl (C=O) groups excluding carboxylic acids is 1.